The molecule has 24 heavy (non-hydrogen) atoms. The molecule has 0 radical (unpaired) electrons. The summed E-state index contributed by atoms with van der Waals surface area (Å²) in [6.45, 7) is 1.96. The van der Waals surface area contributed by atoms with E-state index >= 15 is 0 Å². The van der Waals surface area contributed by atoms with Crippen molar-refractivity contribution in [2.75, 3.05) is 31.6 Å². The Labute approximate surface area is 146 Å². The van der Waals surface area contributed by atoms with Crippen LogP contribution in [-0.4, -0.2) is 53.7 Å². The Bertz CT molecular complexity index is 737. The molecule has 6 heteroatoms. The van der Waals surface area contributed by atoms with Gasteiger partial charge in [0, 0.05) is 36.4 Å². The number of carboxylic acids is 1. The number of carbonyl (C=O) groups is 1. The highest BCUT2D eigenvalue weighted by Gasteiger charge is 2.22. The van der Waals surface area contributed by atoms with E-state index in [0.29, 0.717) is 11.1 Å². The molecule has 2 aromatic rings. The maximum atomic E-state index is 10.9. The molecule has 1 aliphatic rings. The molecule has 1 atom stereocenters. The van der Waals surface area contributed by atoms with Crippen molar-refractivity contribution >= 4 is 34.2 Å². The number of carboxylic acid groups (broad SMARTS) is 1. The SMILES string of the molecule is CN(CC(=O)O)C1CCCN(c2ccnc3c(Cl)cccc23)CC1. The maximum Gasteiger partial charge on any atom is 0.317 e. The molecular weight excluding hydrogens is 326 g/mol. The summed E-state index contributed by atoms with van der Waals surface area (Å²) in [6.07, 6.45) is 4.82. The summed E-state index contributed by atoms with van der Waals surface area (Å²) in [6, 6.07) is 8.22. The van der Waals surface area contributed by atoms with Crippen molar-refractivity contribution in [1.29, 1.82) is 0 Å². The number of para-hydroxylation sites is 1. The second kappa shape index (κ2) is 7.36. The maximum absolute atomic E-state index is 10.9. The molecular formula is C18H22ClN3O2. The van der Waals surface area contributed by atoms with Gasteiger partial charge in [0.2, 0.25) is 0 Å². The summed E-state index contributed by atoms with van der Waals surface area (Å²) in [5.41, 5.74) is 1.99. The third kappa shape index (κ3) is 3.62. The number of benzene rings is 1. The number of pyridine rings is 1. The molecule has 128 valence electrons. The van der Waals surface area contributed by atoms with E-state index in [1.807, 2.05) is 36.3 Å². The van der Waals surface area contributed by atoms with Gasteiger partial charge in [-0.1, -0.05) is 23.7 Å². The van der Waals surface area contributed by atoms with Crippen molar-refractivity contribution in [2.24, 2.45) is 0 Å². The van der Waals surface area contributed by atoms with Gasteiger partial charge in [-0.15, -0.1) is 0 Å². The molecule has 1 unspecified atom stereocenters. The van der Waals surface area contributed by atoms with Crippen LogP contribution in [0, 0.1) is 0 Å². The Kier molecular flexibility index (Phi) is 5.21. The number of likely N-dealkylation sites (N-methyl/N-ethyl adjacent to an activating group) is 1. The van der Waals surface area contributed by atoms with Gasteiger partial charge >= 0.3 is 5.97 Å². The number of nitrogens with zero attached hydrogens (tertiary/aromatic N) is 3. The average Bonchev–Trinajstić information content (AvgIpc) is 2.80. The smallest absolute Gasteiger partial charge is 0.317 e. The minimum Gasteiger partial charge on any atom is -0.480 e. The van der Waals surface area contributed by atoms with Gasteiger partial charge in [0.25, 0.3) is 0 Å². The van der Waals surface area contributed by atoms with Crippen LogP contribution in [0.2, 0.25) is 5.02 Å². The number of hydrogen-bond donors (Lipinski definition) is 1. The Morgan fingerprint density at radius 2 is 2.21 bits per heavy atom. The minimum atomic E-state index is -0.770. The number of hydrogen-bond acceptors (Lipinski definition) is 4. The second-order valence-corrected chi connectivity index (χ2v) is 6.75. The minimum absolute atomic E-state index is 0.0957. The van der Waals surface area contributed by atoms with Crippen molar-refractivity contribution < 1.29 is 9.90 Å². The molecule has 3 rings (SSSR count). The summed E-state index contributed by atoms with van der Waals surface area (Å²) in [4.78, 5) is 19.7. The number of rotatable bonds is 4. The fourth-order valence-corrected chi connectivity index (χ4v) is 3.73. The number of aromatic nitrogens is 1. The van der Waals surface area contributed by atoms with E-state index in [4.69, 9.17) is 16.7 Å². The summed E-state index contributed by atoms with van der Waals surface area (Å²) >= 11 is 6.27. The molecule has 0 bridgehead atoms. The van der Waals surface area contributed by atoms with Crippen LogP contribution >= 0.6 is 11.6 Å². The van der Waals surface area contributed by atoms with E-state index in [1.54, 1.807) is 0 Å². The van der Waals surface area contributed by atoms with E-state index in [0.717, 1.165) is 48.9 Å². The summed E-state index contributed by atoms with van der Waals surface area (Å²) in [5, 5.41) is 10.7. The Hall–Kier alpha value is -1.85. The molecule has 0 aliphatic carbocycles. The first-order chi connectivity index (χ1) is 11.6. The first-order valence-electron chi connectivity index (χ1n) is 8.26. The standard InChI is InChI=1S/C18H22ClN3O2/c1-21(12-17(23)24)13-4-3-10-22(11-8-13)16-7-9-20-18-14(16)5-2-6-15(18)19/h2,5-7,9,13H,3-4,8,10-12H2,1H3,(H,23,24). The van der Waals surface area contributed by atoms with Crippen LogP contribution in [-0.2, 0) is 4.79 Å². The molecule has 1 saturated heterocycles. The highest BCUT2D eigenvalue weighted by Crippen LogP contribution is 2.31. The third-order valence-electron chi connectivity index (χ3n) is 4.75. The molecule has 2 heterocycles. The lowest BCUT2D eigenvalue weighted by Gasteiger charge is -2.27. The molecule has 1 aliphatic heterocycles. The first-order valence-corrected chi connectivity index (χ1v) is 8.64. The molecule has 1 N–H and O–H groups in total. The van der Waals surface area contributed by atoms with E-state index in [-0.39, 0.29) is 6.54 Å². The van der Waals surface area contributed by atoms with Crippen molar-refractivity contribution in [2.45, 2.75) is 25.3 Å². The predicted octanol–water partition coefficient (Wildman–Crippen LogP) is 3.26. The molecule has 5 nitrogen and oxygen atoms in total. The quantitative estimate of drug-likeness (QED) is 0.920. The van der Waals surface area contributed by atoms with Gasteiger partial charge in [0.1, 0.15) is 0 Å². The largest absolute Gasteiger partial charge is 0.480 e. The predicted molar refractivity (Wildman–Crippen MR) is 96.9 cm³/mol. The molecule has 0 spiro atoms. The van der Waals surface area contributed by atoms with Gasteiger partial charge in [0.15, 0.2) is 0 Å². The van der Waals surface area contributed by atoms with E-state index in [9.17, 15) is 4.79 Å². The summed E-state index contributed by atoms with van der Waals surface area (Å²) < 4.78 is 0. The monoisotopic (exact) mass is 347 g/mol. The molecule has 1 fully saturated rings. The first kappa shape index (κ1) is 17.0. The van der Waals surface area contributed by atoms with Gasteiger partial charge < -0.3 is 10.0 Å². The summed E-state index contributed by atoms with van der Waals surface area (Å²) in [7, 11) is 1.90. The zero-order valence-electron chi connectivity index (χ0n) is 13.8. The van der Waals surface area contributed by atoms with Crippen LogP contribution in [0.5, 0.6) is 0 Å². The number of fused-ring (bicyclic) bond motifs is 1. The summed E-state index contributed by atoms with van der Waals surface area (Å²) in [5.74, 6) is -0.770. The van der Waals surface area contributed by atoms with Crippen LogP contribution in [0.3, 0.4) is 0 Å². The van der Waals surface area contributed by atoms with Gasteiger partial charge in [-0.05, 0) is 38.4 Å². The zero-order chi connectivity index (χ0) is 17.1. The van der Waals surface area contributed by atoms with Crippen LogP contribution in [0.15, 0.2) is 30.5 Å². The van der Waals surface area contributed by atoms with Gasteiger partial charge in [-0.25, -0.2) is 0 Å². The normalized spacial score (nSPS) is 18.8. The van der Waals surface area contributed by atoms with Crippen LogP contribution in [0.25, 0.3) is 10.9 Å². The van der Waals surface area contributed by atoms with Crippen LogP contribution in [0.1, 0.15) is 19.3 Å². The zero-order valence-corrected chi connectivity index (χ0v) is 14.5. The van der Waals surface area contributed by atoms with Crippen LogP contribution < -0.4 is 4.90 Å². The fourth-order valence-electron chi connectivity index (χ4n) is 3.50. The van der Waals surface area contributed by atoms with E-state index in [1.165, 1.54) is 0 Å². The van der Waals surface area contributed by atoms with Crippen LogP contribution in [0.4, 0.5) is 5.69 Å². The number of aliphatic carboxylic acids is 1. The van der Waals surface area contributed by atoms with Crippen molar-refractivity contribution in [3.05, 3.63) is 35.5 Å². The lowest BCUT2D eigenvalue weighted by atomic mass is 10.1. The lowest BCUT2D eigenvalue weighted by molar-refractivity contribution is -0.138. The highest BCUT2D eigenvalue weighted by molar-refractivity contribution is 6.35. The Morgan fingerprint density at radius 1 is 1.38 bits per heavy atom. The second-order valence-electron chi connectivity index (χ2n) is 6.35. The van der Waals surface area contributed by atoms with Gasteiger partial charge in [0.05, 0.1) is 17.1 Å². The fraction of sp³-hybridized carbons (Fsp3) is 0.444. The van der Waals surface area contributed by atoms with Crippen molar-refractivity contribution in [1.82, 2.24) is 9.88 Å². The Balaban J connectivity index is 1.80. The highest BCUT2D eigenvalue weighted by atomic mass is 35.5. The van der Waals surface area contributed by atoms with Crippen molar-refractivity contribution in [3.8, 4) is 0 Å². The van der Waals surface area contributed by atoms with Crippen molar-refractivity contribution in [3.63, 3.8) is 0 Å². The molecule has 0 amide bonds. The third-order valence-corrected chi connectivity index (χ3v) is 5.05. The lowest BCUT2D eigenvalue weighted by Crippen LogP contribution is -2.36. The Morgan fingerprint density at radius 3 is 3.00 bits per heavy atom. The topological polar surface area (TPSA) is 56.7 Å². The van der Waals surface area contributed by atoms with Gasteiger partial charge in [-0.2, -0.15) is 0 Å². The number of halogens is 1. The number of anilines is 1. The van der Waals surface area contributed by atoms with E-state index < -0.39 is 5.97 Å². The van der Waals surface area contributed by atoms with Gasteiger partial charge in [-0.3, -0.25) is 14.7 Å². The average molecular weight is 348 g/mol. The van der Waals surface area contributed by atoms with E-state index in [2.05, 4.69) is 16.0 Å². The molecule has 0 saturated carbocycles. The molecule has 1 aromatic carbocycles. The molecule has 1 aromatic heterocycles.